The lowest BCUT2D eigenvalue weighted by Crippen LogP contribution is -2.49. The zero-order valence-electron chi connectivity index (χ0n) is 21.9. The van der Waals surface area contributed by atoms with Gasteiger partial charge in [-0.15, -0.1) is 0 Å². The summed E-state index contributed by atoms with van der Waals surface area (Å²) < 4.78 is 54.2. The summed E-state index contributed by atoms with van der Waals surface area (Å²) in [5.41, 5.74) is -0.722. The predicted molar refractivity (Wildman–Crippen MR) is 130 cm³/mol. The SMILES string of the molecule is COCCOCCNS(=O)(=O)NC(=O)OC[C@H](CO[Si](C)(C)C(C)(C)C)NC(=O)OC(C)(C)C. The van der Waals surface area contributed by atoms with Crippen molar-refractivity contribution in [3.05, 3.63) is 0 Å². The van der Waals surface area contributed by atoms with E-state index in [0.717, 1.165) is 0 Å². The highest BCUT2D eigenvalue weighted by Crippen LogP contribution is 2.36. The summed E-state index contributed by atoms with van der Waals surface area (Å²) in [6.07, 6.45) is -1.90. The zero-order chi connectivity index (χ0) is 26.6. The van der Waals surface area contributed by atoms with Gasteiger partial charge in [-0.3, -0.25) is 0 Å². The van der Waals surface area contributed by atoms with Crippen LogP contribution in [0.5, 0.6) is 0 Å². The number of carbonyl (C=O) groups excluding carboxylic acids is 2. The molecule has 0 heterocycles. The highest BCUT2D eigenvalue weighted by atomic mass is 32.2. The first-order chi connectivity index (χ1) is 15.4. The maximum Gasteiger partial charge on any atom is 0.421 e. The van der Waals surface area contributed by atoms with Crippen LogP contribution < -0.4 is 14.8 Å². The van der Waals surface area contributed by atoms with Crippen LogP contribution in [-0.2, 0) is 33.6 Å². The molecule has 0 saturated heterocycles. The molecule has 0 aromatic heterocycles. The third kappa shape index (κ3) is 15.4. The van der Waals surface area contributed by atoms with Crippen LogP contribution in [0, 0.1) is 0 Å². The fourth-order valence-corrected chi connectivity index (χ4v) is 3.73. The maximum atomic E-state index is 12.2. The Balaban J connectivity index is 4.87. The van der Waals surface area contributed by atoms with E-state index in [9.17, 15) is 18.0 Å². The van der Waals surface area contributed by atoms with Gasteiger partial charge in [0.25, 0.3) is 0 Å². The van der Waals surface area contributed by atoms with Crippen LogP contribution in [0.3, 0.4) is 0 Å². The van der Waals surface area contributed by atoms with Gasteiger partial charge in [0.2, 0.25) is 0 Å². The molecule has 3 N–H and O–H groups in total. The number of hydrogen-bond donors (Lipinski definition) is 3. The van der Waals surface area contributed by atoms with E-state index in [0.29, 0.717) is 13.2 Å². The van der Waals surface area contributed by atoms with Gasteiger partial charge in [0, 0.05) is 13.7 Å². The summed E-state index contributed by atoms with van der Waals surface area (Å²) in [5.74, 6) is 0. The van der Waals surface area contributed by atoms with Gasteiger partial charge < -0.3 is 28.7 Å². The van der Waals surface area contributed by atoms with E-state index in [4.69, 9.17) is 23.4 Å². The van der Waals surface area contributed by atoms with Gasteiger partial charge in [0.05, 0.1) is 32.5 Å². The highest BCUT2D eigenvalue weighted by Gasteiger charge is 2.38. The zero-order valence-corrected chi connectivity index (χ0v) is 23.7. The summed E-state index contributed by atoms with van der Waals surface area (Å²) in [7, 11) is -4.78. The van der Waals surface area contributed by atoms with E-state index in [1.54, 1.807) is 25.5 Å². The Morgan fingerprint density at radius 3 is 2.09 bits per heavy atom. The Morgan fingerprint density at radius 2 is 1.56 bits per heavy atom. The van der Waals surface area contributed by atoms with Crippen LogP contribution in [0.1, 0.15) is 41.5 Å². The van der Waals surface area contributed by atoms with E-state index < -0.39 is 42.4 Å². The summed E-state index contributed by atoms with van der Waals surface area (Å²) >= 11 is 0. The van der Waals surface area contributed by atoms with Crippen molar-refractivity contribution in [3.63, 3.8) is 0 Å². The van der Waals surface area contributed by atoms with Crippen molar-refractivity contribution in [2.24, 2.45) is 0 Å². The smallest absolute Gasteiger partial charge is 0.421 e. The summed E-state index contributed by atoms with van der Waals surface area (Å²) in [5, 5.41) is 2.54. The van der Waals surface area contributed by atoms with E-state index in [2.05, 4.69) is 30.8 Å². The Bertz CT molecular complexity index is 735. The van der Waals surface area contributed by atoms with Crippen LogP contribution in [0.15, 0.2) is 0 Å². The Labute approximate surface area is 205 Å². The molecule has 14 heteroatoms. The molecule has 0 aromatic rings. The minimum absolute atomic E-state index is 0.0461. The lowest BCUT2D eigenvalue weighted by molar-refractivity contribution is 0.0440. The Kier molecular flexibility index (Phi) is 13.6. The predicted octanol–water partition coefficient (Wildman–Crippen LogP) is 2.13. The highest BCUT2D eigenvalue weighted by molar-refractivity contribution is 7.88. The molecule has 1 atom stereocenters. The first-order valence-corrected chi connectivity index (χ1v) is 15.4. The molecule has 0 aromatic carbocycles. The third-order valence-corrected chi connectivity index (χ3v) is 10.3. The molecule has 0 aliphatic carbocycles. The molecule has 0 rings (SSSR count). The molecule has 0 fully saturated rings. The topological polar surface area (TPSA) is 151 Å². The third-order valence-electron chi connectivity index (χ3n) is 4.78. The molecule has 0 radical (unpaired) electrons. The molecule has 0 unspecified atom stereocenters. The average molecular weight is 530 g/mol. The van der Waals surface area contributed by atoms with Crippen molar-refractivity contribution in [3.8, 4) is 0 Å². The molecule has 202 valence electrons. The number of rotatable bonds is 14. The minimum atomic E-state index is -4.15. The molecular formula is C20H43N3O9SSi. The van der Waals surface area contributed by atoms with Crippen LogP contribution >= 0.6 is 0 Å². The van der Waals surface area contributed by atoms with Gasteiger partial charge in [0.15, 0.2) is 8.32 Å². The quantitative estimate of drug-likeness (QED) is 0.227. The summed E-state index contributed by atoms with van der Waals surface area (Å²) in [6, 6.07) is -0.750. The summed E-state index contributed by atoms with van der Waals surface area (Å²) in [6.45, 7) is 16.0. The van der Waals surface area contributed by atoms with Gasteiger partial charge in [-0.05, 0) is 38.9 Å². The first-order valence-electron chi connectivity index (χ1n) is 11.0. The number of hydrogen-bond acceptors (Lipinski definition) is 9. The van der Waals surface area contributed by atoms with E-state index in [1.165, 1.54) is 7.11 Å². The second-order valence-electron chi connectivity index (χ2n) is 10.1. The van der Waals surface area contributed by atoms with E-state index in [-0.39, 0.29) is 31.4 Å². The molecular weight excluding hydrogens is 486 g/mol. The molecule has 2 amide bonds. The number of nitrogens with one attached hydrogen (secondary N) is 3. The number of alkyl carbamates (subject to hydrolysis) is 1. The lowest BCUT2D eigenvalue weighted by atomic mass is 10.2. The molecule has 0 aliphatic heterocycles. The van der Waals surface area contributed by atoms with E-state index >= 15 is 0 Å². The molecule has 34 heavy (non-hydrogen) atoms. The monoisotopic (exact) mass is 529 g/mol. The van der Waals surface area contributed by atoms with Crippen LogP contribution in [0.2, 0.25) is 18.1 Å². The number of amides is 2. The van der Waals surface area contributed by atoms with Crippen molar-refractivity contribution in [2.45, 2.75) is 71.3 Å². The van der Waals surface area contributed by atoms with Gasteiger partial charge >= 0.3 is 22.4 Å². The van der Waals surface area contributed by atoms with Gasteiger partial charge in [-0.2, -0.15) is 13.1 Å². The fraction of sp³-hybridized carbons (Fsp3) is 0.900. The van der Waals surface area contributed by atoms with Crippen molar-refractivity contribution in [1.82, 2.24) is 14.8 Å². The summed E-state index contributed by atoms with van der Waals surface area (Å²) in [4.78, 5) is 24.3. The molecule has 0 spiro atoms. The van der Waals surface area contributed by atoms with E-state index in [1.807, 2.05) is 13.1 Å². The second kappa shape index (κ2) is 14.2. The van der Waals surface area contributed by atoms with Crippen LogP contribution in [0.25, 0.3) is 0 Å². The largest absolute Gasteiger partial charge is 0.447 e. The Morgan fingerprint density at radius 1 is 0.941 bits per heavy atom. The molecule has 0 bridgehead atoms. The minimum Gasteiger partial charge on any atom is -0.447 e. The second-order valence-corrected chi connectivity index (χ2v) is 16.4. The first kappa shape index (κ1) is 32.5. The Hall–Kier alpha value is -1.45. The lowest BCUT2D eigenvalue weighted by Gasteiger charge is -2.37. The number of ether oxygens (including phenoxy) is 4. The maximum absolute atomic E-state index is 12.2. The number of methoxy groups -OCH3 is 1. The molecule has 0 saturated carbocycles. The van der Waals surface area contributed by atoms with Crippen molar-refractivity contribution in [2.75, 3.05) is 46.7 Å². The normalized spacial score (nSPS) is 13.8. The number of carbonyl (C=O) groups is 2. The molecule has 12 nitrogen and oxygen atoms in total. The van der Waals surface area contributed by atoms with Gasteiger partial charge in [-0.25, -0.2) is 14.3 Å². The van der Waals surface area contributed by atoms with Crippen molar-refractivity contribution < 1.29 is 41.4 Å². The fourth-order valence-electron chi connectivity index (χ4n) is 1.98. The van der Waals surface area contributed by atoms with Gasteiger partial charge in [-0.1, -0.05) is 20.8 Å². The standard InChI is InChI=1S/C20H43N3O9SSi/c1-19(2,3)32-17(24)22-16(15-31-34(8,9)20(4,5)6)14-30-18(25)23-33(26,27)21-10-11-29-13-12-28-7/h16,21H,10-15H2,1-9H3,(H,22,24)(H,23,25)/t16-/m1/s1. The average Bonchev–Trinajstić information content (AvgIpc) is 2.64. The van der Waals surface area contributed by atoms with Crippen molar-refractivity contribution >= 4 is 30.7 Å². The van der Waals surface area contributed by atoms with Crippen molar-refractivity contribution in [1.29, 1.82) is 0 Å². The van der Waals surface area contributed by atoms with Crippen LogP contribution in [-0.4, -0.2) is 87.3 Å². The molecule has 0 aliphatic rings. The van der Waals surface area contributed by atoms with Crippen LogP contribution in [0.4, 0.5) is 9.59 Å². The van der Waals surface area contributed by atoms with Gasteiger partial charge in [0.1, 0.15) is 12.2 Å².